The van der Waals surface area contributed by atoms with Crippen LogP contribution in [0.15, 0.2) is 115 Å². The number of benzene rings is 4. The van der Waals surface area contributed by atoms with Gasteiger partial charge in [-0.25, -0.2) is 0 Å². The molecule has 0 aliphatic carbocycles. The summed E-state index contributed by atoms with van der Waals surface area (Å²) in [6, 6.07) is 41.4. The minimum atomic E-state index is -1.99. The number of aromatic nitrogens is 1. The Hall–Kier alpha value is -3.35. The smallest absolute Gasteiger partial charge is 0.198 e. The Morgan fingerprint density at radius 2 is 1.06 bits per heavy atom. The lowest BCUT2D eigenvalue weighted by Gasteiger charge is -2.28. The molecule has 0 radical (unpaired) electrons. The number of hydrogen-bond acceptors (Lipinski definition) is 1. The Morgan fingerprint density at radius 1 is 0.613 bits per heavy atom. The SMILES string of the molecule is COc1[nH]c2ccccc2c1C[P+](c1ccccc1)(c1ccccc1)c1ccccc1. The summed E-state index contributed by atoms with van der Waals surface area (Å²) in [6.45, 7) is 0. The molecule has 2 nitrogen and oxygen atoms in total. The normalized spacial score (nSPS) is 11.5. The summed E-state index contributed by atoms with van der Waals surface area (Å²) in [5, 5.41) is 5.35. The Bertz CT molecular complexity index is 1180. The molecule has 0 spiro atoms. The average Bonchev–Trinajstić information content (AvgIpc) is 3.21. The second-order valence-electron chi connectivity index (χ2n) is 7.66. The number of nitrogens with one attached hydrogen (secondary N) is 1. The van der Waals surface area contributed by atoms with Crippen molar-refractivity contribution < 1.29 is 4.74 Å². The number of aromatic amines is 1. The van der Waals surface area contributed by atoms with Gasteiger partial charge < -0.3 is 9.72 Å². The van der Waals surface area contributed by atoms with Crippen LogP contribution in [0.2, 0.25) is 0 Å². The second-order valence-corrected chi connectivity index (χ2v) is 11.1. The maximum Gasteiger partial charge on any atom is 0.198 e. The first-order valence-corrected chi connectivity index (χ1v) is 12.5. The minimum absolute atomic E-state index is 0.855. The maximum absolute atomic E-state index is 5.85. The highest BCUT2D eigenvalue weighted by Crippen LogP contribution is 2.59. The monoisotopic (exact) mass is 422 g/mol. The van der Waals surface area contributed by atoms with Crippen molar-refractivity contribution in [3.05, 3.63) is 121 Å². The van der Waals surface area contributed by atoms with E-state index in [4.69, 9.17) is 4.74 Å². The molecule has 1 aromatic heterocycles. The Kier molecular flexibility index (Phi) is 5.32. The predicted molar refractivity (Wildman–Crippen MR) is 134 cm³/mol. The fourth-order valence-corrected chi connectivity index (χ4v) is 8.79. The van der Waals surface area contributed by atoms with Crippen molar-refractivity contribution in [1.82, 2.24) is 4.98 Å². The van der Waals surface area contributed by atoms with Gasteiger partial charge in [-0.2, -0.15) is 0 Å². The summed E-state index contributed by atoms with van der Waals surface area (Å²) < 4.78 is 5.85. The highest BCUT2D eigenvalue weighted by Gasteiger charge is 2.46. The highest BCUT2D eigenvalue weighted by atomic mass is 31.2. The Labute approximate surface area is 183 Å². The molecule has 5 aromatic rings. The molecule has 0 bridgehead atoms. The molecule has 4 aromatic carbocycles. The van der Waals surface area contributed by atoms with Crippen LogP contribution in [-0.2, 0) is 6.16 Å². The molecule has 1 N–H and O–H groups in total. The van der Waals surface area contributed by atoms with E-state index in [1.807, 2.05) is 0 Å². The van der Waals surface area contributed by atoms with Gasteiger partial charge in [0.1, 0.15) is 29.3 Å². The third-order valence-electron chi connectivity index (χ3n) is 5.96. The molecule has 0 atom stereocenters. The van der Waals surface area contributed by atoms with E-state index in [2.05, 4.69) is 120 Å². The quantitative estimate of drug-likeness (QED) is 0.351. The molecule has 0 saturated heterocycles. The summed E-state index contributed by atoms with van der Waals surface area (Å²) >= 11 is 0. The first kappa shape index (κ1) is 19.6. The third-order valence-corrected chi connectivity index (χ3v) is 10.3. The lowest BCUT2D eigenvalue weighted by molar-refractivity contribution is 0.398. The van der Waals surface area contributed by atoms with Crippen LogP contribution in [0.3, 0.4) is 0 Å². The fourth-order valence-electron chi connectivity index (χ4n) is 4.51. The molecule has 0 fully saturated rings. The summed E-state index contributed by atoms with van der Waals surface area (Å²) in [5.74, 6) is 0.855. The lowest BCUT2D eigenvalue weighted by atomic mass is 10.2. The molecule has 152 valence electrons. The van der Waals surface area contributed by atoms with Gasteiger partial charge in [-0.3, -0.25) is 0 Å². The summed E-state index contributed by atoms with van der Waals surface area (Å²) in [7, 11) is -0.235. The molecule has 0 saturated carbocycles. The number of para-hydroxylation sites is 1. The number of ether oxygens (including phenoxy) is 1. The Morgan fingerprint density at radius 3 is 1.55 bits per heavy atom. The lowest BCUT2D eigenvalue weighted by Crippen LogP contribution is -2.32. The van der Waals surface area contributed by atoms with E-state index < -0.39 is 7.26 Å². The van der Waals surface area contributed by atoms with Crippen molar-refractivity contribution in [1.29, 1.82) is 0 Å². The summed E-state index contributed by atoms with van der Waals surface area (Å²) in [6.07, 6.45) is 0.887. The molecule has 0 aliphatic heterocycles. The van der Waals surface area contributed by atoms with Gasteiger partial charge in [0, 0.05) is 10.9 Å². The van der Waals surface area contributed by atoms with Gasteiger partial charge >= 0.3 is 0 Å². The van der Waals surface area contributed by atoms with Crippen LogP contribution >= 0.6 is 7.26 Å². The minimum Gasteiger partial charge on any atom is -0.482 e. The standard InChI is InChI=1S/C28H25NOP/c1-30-28-26(25-19-11-12-20-27(25)29-28)21-31(22-13-5-2-6-14-22,23-15-7-3-8-16-23)24-17-9-4-10-18-24/h2-20,29H,21H2,1H3/q+1. The van der Waals surface area contributed by atoms with Crippen molar-refractivity contribution in [3.8, 4) is 5.88 Å². The van der Waals surface area contributed by atoms with E-state index in [0.717, 1.165) is 17.6 Å². The maximum atomic E-state index is 5.85. The molecular formula is C28H25NOP+. The second kappa shape index (κ2) is 8.41. The van der Waals surface area contributed by atoms with Gasteiger partial charge in [0.05, 0.1) is 12.7 Å². The van der Waals surface area contributed by atoms with Gasteiger partial charge in [0.2, 0.25) is 0 Å². The number of fused-ring (bicyclic) bond motifs is 1. The summed E-state index contributed by atoms with van der Waals surface area (Å²) in [4.78, 5) is 3.49. The van der Waals surface area contributed by atoms with Crippen molar-refractivity contribution in [2.75, 3.05) is 7.11 Å². The first-order chi connectivity index (χ1) is 15.3. The van der Waals surface area contributed by atoms with Crippen molar-refractivity contribution in [2.45, 2.75) is 6.16 Å². The topological polar surface area (TPSA) is 25.0 Å². The fraction of sp³-hybridized carbons (Fsp3) is 0.0714. The third kappa shape index (κ3) is 3.44. The first-order valence-electron chi connectivity index (χ1n) is 10.5. The van der Waals surface area contributed by atoms with Gasteiger partial charge in [0.25, 0.3) is 0 Å². The van der Waals surface area contributed by atoms with Gasteiger partial charge in [-0.05, 0) is 42.5 Å². The average molecular weight is 422 g/mol. The van der Waals surface area contributed by atoms with Crippen LogP contribution in [0.25, 0.3) is 10.9 Å². The Balaban J connectivity index is 1.83. The van der Waals surface area contributed by atoms with Gasteiger partial charge in [0.15, 0.2) is 5.88 Å². The van der Waals surface area contributed by atoms with Crippen molar-refractivity contribution in [3.63, 3.8) is 0 Å². The number of rotatable bonds is 6. The van der Waals surface area contributed by atoms with Crippen LogP contribution in [0.1, 0.15) is 5.56 Å². The molecule has 0 aliphatic rings. The van der Waals surface area contributed by atoms with Crippen LogP contribution < -0.4 is 20.7 Å². The molecule has 31 heavy (non-hydrogen) atoms. The van der Waals surface area contributed by atoms with E-state index >= 15 is 0 Å². The molecule has 0 unspecified atom stereocenters. The number of hydrogen-bond donors (Lipinski definition) is 1. The molecule has 1 heterocycles. The zero-order valence-electron chi connectivity index (χ0n) is 17.5. The van der Waals surface area contributed by atoms with E-state index in [9.17, 15) is 0 Å². The highest BCUT2D eigenvalue weighted by molar-refractivity contribution is 7.95. The van der Waals surface area contributed by atoms with Crippen LogP contribution in [0, 0.1) is 0 Å². The van der Waals surface area contributed by atoms with E-state index in [1.54, 1.807) is 7.11 Å². The van der Waals surface area contributed by atoms with Crippen molar-refractivity contribution >= 4 is 34.1 Å². The zero-order valence-corrected chi connectivity index (χ0v) is 18.4. The van der Waals surface area contributed by atoms with Crippen LogP contribution in [0.5, 0.6) is 5.88 Å². The van der Waals surface area contributed by atoms with Gasteiger partial charge in [-0.1, -0.05) is 72.8 Å². The van der Waals surface area contributed by atoms with E-state index in [-0.39, 0.29) is 0 Å². The van der Waals surface area contributed by atoms with E-state index in [0.29, 0.717) is 0 Å². The van der Waals surface area contributed by atoms with E-state index in [1.165, 1.54) is 26.9 Å². The molecule has 3 heteroatoms. The molecule has 5 rings (SSSR count). The zero-order chi connectivity index (χ0) is 21.1. The number of methoxy groups -OCH3 is 1. The van der Waals surface area contributed by atoms with Crippen LogP contribution in [-0.4, -0.2) is 12.1 Å². The number of H-pyrrole nitrogens is 1. The van der Waals surface area contributed by atoms with Crippen molar-refractivity contribution in [2.24, 2.45) is 0 Å². The largest absolute Gasteiger partial charge is 0.482 e. The summed E-state index contributed by atoms with van der Waals surface area (Å²) in [5.41, 5.74) is 2.35. The van der Waals surface area contributed by atoms with Crippen LogP contribution in [0.4, 0.5) is 0 Å². The molecule has 0 amide bonds. The van der Waals surface area contributed by atoms with Gasteiger partial charge in [-0.15, -0.1) is 0 Å². The predicted octanol–water partition coefficient (Wildman–Crippen LogP) is 5.67. The molecular weight excluding hydrogens is 397 g/mol.